The van der Waals surface area contributed by atoms with Gasteiger partial charge in [0.05, 0.1) is 31.5 Å². The number of aliphatic hydroxyl groups excluding tert-OH is 7. The minimum absolute atomic E-state index is 0.206. The number of halogens is 1. The summed E-state index contributed by atoms with van der Waals surface area (Å²) >= 11 is 0. The van der Waals surface area contributed by atoms with Crippen molar-refractivity contribution in [2.45, 2.75) is 210 Å². The Bertz CT molecular complexity index is 1110. The molecule has 12 heteroatoms. The zero-order valence-corrected chi connectivity index (χ0v) is 33.1. The van der Waals surface area contributed by atoms with Gasteiger partial charge in [-0.05, 0) is 43.4 Å². The molecule has 1 heterocycles. The minimum Gasteiger partial charge on any atom is -0.394 e. The number of nitrogens with one attached hydrogen (secondary N) is 1. The van der Waals surface area contributed by atoms with Crippen LogP contribution in [0.4, 0.5) is 4.39 Å². The van der Waals surface area contributed by atoms with Crippen LogP contribution in [-0.4, -0.2) is 104 Å². The monoisotopic (exact) mass is 772 g/mol. The molecule has 0 aromatic heterocycles. The smallest absolute Gasteiger partial charge is 0.220 e. The molecule has 11 nitrogen and oxygen atoms in total. The molecule has 1 aliphatic rings. The van der Waals surface area contributed by atoms with Gasteiger partial charge in [-0.2, -0.15) is 0 Å². The van der Waals surface area contributed by atoms with Crippen molar-refractivity contribution in [2.75, 3.05) is 13.2 Å². The lowest BCUT2D eigenvalue weighted by molar-refractivity contribution is -0.303. The van der Waals surface area contributed by atoms with Gasteiger partial charge < -0.3 is 50.5 Å². The molecule has 0 radical (unpaired) electrons. The summed E-state index contributed by atoms with van der Waals surface area (Å²) in [6.45, 7) is 2.95. The van der Waals surface area contributed by atoms with E-state index in [2.05, 4.69) is 12.2 Å². The first-order valence-corrected chi connectivity index (χ1v) is 21.0. The van der Waals surface area contributed by atoms with E-state index in [1.807, 2.05) is 0 Å². The summed E-state index contributed by atoms with van der Waals surface area (Å²) in [6.07, 6.45) is 10.8. The van der Waals surface area contributed by atoms with Gasteiger partial charge in [0.1, 0.15) is 36.3 Å². The highest BCUT2D eigenvalue weighted by Gasteiger charge is 2.44. The third-order valence-electron chi connectivity index (χ3n) is 10.8. The van der Waals surface area contributed by atoms with Crippen LogP contribution in [-0.2, 0) is 14.3 Å². The molecular formula is C42H74FNO10. The highest BCUT2D eigenvalue weighted by molar-refractivity contribution is 5.76. The van der Waals surface area contributed by atoms with Gasteiger partial charge in [0.25, 0.3) is 0 Å². The van der Waals surface area contributed by atoms with E-state index in [0.29, 0.717) is 30.4 Å². The van der Waals surface area contributed by atoms with Crippen molar-refractivity contribution in [2.24, 2.45) is 0 Å². The summed E-state index contributed by atoms with van der Waals surface area (Å²) in [5.74, 6) is -0.633. The standard InChI is InChI=1S/C42H74FNO10/c1-3-4-5-6-7-8-9-10-11-13-17-20-23-35(47)38(49)33(29-53-42-41(52)40(51)39(50)36(28-45)54-42)44-37(48)24-21-18-15-12-14-16-19-22-34(46)31-26-25-30(2)32(43)27-31/h25-27,33-36,38-42,45-47,49-52H,3-24,28-29H2,1-2H3,(H,44,48)/t33-,34-,35+,36?,38-,39-,40-,41?,42-/m0/s1. The maximum absolute atomic E-state index is 13.8. The van der Waals surface area contributed by atoms with Crippen LogP contribution >= 0.6 is 0 Å². The number of carbonyl (C=O) groups excluding carboxylic acids is 1. The fourth-order valence-electron chi connectivity index (χ4n) is 7.03. The fraction of sp³-hybridized carbons (Fsp3) is 0.833. The third-order valence-corrected chi connectivity index (χ3v) is 10.8. The predicted molar refractivity (Wildman–Crippen MR) is 207 cm³/mol. The van der Waals surface area contributed by atoms with E-state index in [0.717, 1.165) is 64.2 Å². The molecule has 2 unspecified atom stereocenters. The van der Waals surface area contributed by atoms with Gasteiger partial charge in [0.15, 0.2) is 6.29 Å². The number of hydrogen-bond donors (Lipinski definition) is 8. The molecule has 8 N–H and O–H groups in total. The van der Waals surface area contributed by atoms with Crippen LogP contribution in [0.3, 0.4) is 0 Å². The van der Waals surface area contributed by atoms with Crippen LogP contribution in [0, 0.1) is 12.7 Å². The number of ether oxygens (including phenoxy) is 2. The summed E-state index contributed by atoms with van der Waals surface area (Å²) in [5, 5.41) is 75.3. The minimum atomic E-state index is -1.63. The molecule has 1 fully saturated rings. The molecule has 9 atom stereocenters. The first-order chi connectivity index (χ1) is 26.0. The normalized spacial score (nSPS) is 22.5. The van der Waals surface area contributed by atoms with E-state index in [4.69, 9.17) is 9.47 Å². The second-order valence-electron chi connectivity index (χ2n) is 15.5. The quantitative estimate of drug-likeness (QED) is 0.0429. The van der Waals surface area contributed by atoms with Crippen molar-refractivity contribution in [1.82, 2.24) is 5.32 Å². The average Bonchev–Trinajstić information content (AvgIpc) is 3.16. The summed E-state index contributed by atoms with van der Waals surface area (Å²) in [7, 11) is 0. The zero-order chi connectivity index (χ0) is 39.7. The Hall–Kier alpha value is -1.74. The van der Waals surface area contributed by atoms with Gasteiger partial charge in [-0.3, -0.25) is 4.79 Å². The van der Waals surface area contributed by atoms with Gasteiger partial charge in [-0.15, -0.1) is 0 Å². The number of unbranched alkanes of at least 4 members (excludes halogenated alkanes) is 17. The Labute approximate surface area is 323 Å². The fourth-order valence-corrected chi connectivity index (χ4v) is 7.03. The number of amides is 1. The molecule has 0 aliphatic carbocycles. The van der Waals surface area contributed by atoms with E-state index in [-0.39, 0.29) is 24.8 Å². The zero-order valence-electron chi connectivity index (χ0n) is 33.1. The predicted octanol–water partition coefficient (Wildman–Crippen LogP) is 5.79. The number of carbonyl (C=O) groups is 1. The Kier molecular flexibility index (Phi) is 25.7. The molecule has 1 aromatic carbocycles. The number of aryl methyl sites for hydroxylation is 1. The van der Waals surface area contributed by atoms with Gasteiger partial charge in [-0.1, -0.05) is 135 Å². The van der Waals surface area contributed by atoms with Crippen LogP contribution in [0.15, 0.2) is 18.2 Å². The van der Waals surface area contributed by atoms with Crippen molar-refractivity contribution in [3.63, 3.8) is 0 Å². The summed E-state index contributed by atoms with van der Waals surface area (Å²) < 4.78 is 24.9. The Morgan fingerprint density at radius 2 is 1.31 bits per heavy atom. The first kappa shape index (κ1) is 48.4. The summed E-state index contributed by atoms with van der Waals surface area (Å²) in [4.78, 5) is 13.0. The number of hydrogen-bond acceptors (Lipinski definition) is 10. The highest BCUT2D eigenvalue weighted by atomic mass is 19.1. The molecule has 0 saturated carbocycles. The molecule has 0 bridgehead atoms. The molecular weight excluding hydrogens is 697 g/mol. The second kappa shape index (κ2) is 28.6. The Morgan fingerprint density at radius 1 is 0.778 bits per heavy atom. The molecule has 0 spiro atoms. The molecule has 1 amide bonds. The lowest BCUT2D eigenvalue weighted by Gasteiger charge is -2.40. The largest absolute Gasteiger partial charge is 0.394 e. The van der Waals surface area contributed by atoms with E-state index < -0.39 is 61.7 Å². The average molecular weight is 772 g/mol. The van der Waals surface area contributed by atoms with Crippen LogP contribution < -0.4 is 5.32 Å². The maximum atomic E-state index is 13.8. The van der Waals surface area contributed by atoms with Crippen molar-refractivity contribution >= 4 is 5.91 Å². The van der Waals surface area contributed by atoms with Gasteiger partial charge in [-0.25, -0.2) is 4.39 Å². The van der Waals surface area contributed by atoms with Crippen molar-refractivity contribution in [3.05, 3.63) is 35.1 Å². The van der Waals surface area contributed by atoms with Crippen molar-refractivity contribution in [1.29, 1.82) is 0 Å². The molecule has 314 valence electrons. The molecule has 1 aromatic rings. The first-order valence-electron chi connectivity index (χ1n) is 21.0. The highest BCUT2D eigenvalue weighted by Crippen LogP contribution is 2.24. The van der Waals surface area contributed by atoms with E-state index in [1.54, 1.807) is 19.1 Å². The lowest BCUT2D eigenvalue weighted by atomic mass is 9.98. The molecule has 2 rings (SSSR count). The van der Waals surface area contributed by atoms with Crippen molar-refractivity contribution < 1.29 is 54.4 Å². The molecule has 1 saturated heterocycles. The van der Waals surface area contributed by atoms with Crippen molar-refractivity contribution in [3.8, 4) is 0 Å². The number of benzene rings is 1. The van der Waals surface area contributed by atoms with E-state index in [1.165, 1.54) is 57.4 Å². The van der Waals surface area contributed by atoms with Crippen LogP contribution in [0.25, 0.3) is 0 Å². The summed E-state index contributed by atoms with van der Waals surface area (Å²) in [6, 6.07) is 3.80. The van der Waals surface area contributed by atoms with Crippen LogP contribution in [0.5, 0.6) is 0 Å². The van der Waals surface area contributed by atoms with E-state index in [9.17, 15) is 44.9 Å². The van der Waals surface area contributed by atoms with Gasteiger partial charge in [0.2, 0.25) is 5.91 Å². The van der Waals surface area contributed by atoms with Crippen LogP contribution in [0.1, 0.15) is 165 Å². The third kappa shape index (κ3) is 18.9. The second-order valence-corrected chi connectivity index (χ2v) is 15.5. The van der Waals surface area contributed by atoms with Gasteiger partial charge in [0, 0.05) is 6.42 Å². The number of rotatable bonds is 31. The number of aliphatic hydroxyl groups is 7. The SMILES string of the molecule is CCCCCCCCCCCCCC[C@@H](O)[C@@H](O)[C@H](CO[C@H]1OC(CO)[C@H](O)[C@H](O)C1O)NC(=O)CCCCCCCCC[C@H](O)c1ccc(C)c(F)c1. The Balaban J connectivity index is 1.74. The molecule has 1 aliphatic heterocycles. The molecule has 54 heavy (non-hydrogen) atoms. The topological polar surface area (TPSA) is 189 Å². The van der Waals surface area contributed by atoms with E-state index >= 15 is 0 Å². The summed E-state index contributed by atoms with van der Waals surface area (Å²) in [5.41, 5.74) is 1.15. The van der Waals surface area contributed by atoms with Crippen LogP contribution in [0.2, 0.25) is 0 Å². The maximum Gasteiger partial charge on any atom is 0.220 e. The lowest BCUT2D eigenvalue weighted by Crippen LogP contribution is -2.60. The van der Waals surface area contributed by atoms with Gasteiger partial charge >= 0.3 is 0 Å². The Morgan fingerprint density at radius 3 is 1.87 bits per heavy atom.